The van der Waals surface area contributed by atoms with Crippen molar-refractivity contribution < 1.29 is 0 Å². The summed E-state index contributed by atoms with van der Waals surface area (Å²) in [5.41, 5.74) is 1.73. The topological polar surface area (TPSA) is 12.0 Å². The van der Waals surface area contributed by atoms with Gasteiger partial charge in [-0.2, -0.15) is 0 Å². The van der Waals surface area contributed by atoms with Gasteiger partial charge in [0.2, 0.25) is 0 Å². The molecule has 1 fully saturated rings. The van der Waals surface area contributed by atoms with Crippen molar-refractivity contribution >= 4 is 23.2 Å². The summed E-state index contributed by atoms with van der Waals surface area (Å²) < 4.78 is 0. The van der Waals surface area contributed by atoms with E-state index in [2.05, 4.69) is 25.2 Å². The second-order valence-electron chi connectivity index (χ2n) is 5.07. The minimum absolute atomic E-state index is 0.438. The van der Waals surface area contributed by atoms with Crippen LogP contribution >= 0.6 is 23.2 Å². The molecule has 94 valence electrons. The Morgan fingerprint density at radius 1 is 1.29 bits per heavy atom. The van der Waals surface area contributed by atoms with Crippen LogP contribution < -0.4 is 5.32 Å². The van der Waals surface area contributed by atoms with Gasteiger partial charge in [0.25, 0.3) is 0 Å². The molecule has 1 aliphatic rings. The van der Waals surface area contributed by atoms with E-state index in [1.165, 1.54) is 18.4 Å². The molecular weight excluding hydrogens is 253 g/mol. The molecule has 0 amide bonds. The molecule has 1 atom stereocenters. The van der Waals surface area contributed by atoms with Gasteiger partial charge in [-0.3, -0.25) is 0 Å². The molecule has 1 N–H and O–H groups in total. The number of benzene rings is 1. The molecule has 1 aliphatic carbocycles. The fourth-order valence-electron chi connectivity index (χ4n) is 2.50. The third-order valence-electron chi connectivity index (χ3n) is 3.86. The molecule has 0 aromatic heterocycles. The molecule has 3 heteroatoms. The first-order valence-corrected chi connectivity index (χ1v) is 7.00. The van der Waals surface area contributed by atoms with Crippen LogP contribution in [0.15, 0.2) is 18.2 Å². The third kappa shape index (κ3) is 2.96. The van der Waals surface area contributed by atoms with Crippen molar-refractivity contribution in [2.75, 3.05) is 6.54 Å². The zero-order valence-electron chi connectivity index (χ0n) is 10.4. The van der Waals surface area contributed by atoms with Crippen LogP contribution in [0.1, 0.15) is 32.3 Å². The minimum Gasteiger partial charge on any atom is -0.314 e. The van der Waals surface area contributed by atoms with Gasteiger partial charge in [-0.05, 0) is 55.8 Å². The average molecular weight is 272 g/mol. The van der Waals surface area contributed by atoms with E-state index >= 15 is 0 Å². The molecule has 1 aromatic carbocycles. The molecule has 1 saturated carbocycles. The molecule has 0 saturated heterocycles. The van der Waals surface area contributed by atoms with Crippen molar-refractivity contribution in [2.45, 2.75) is 39.2 Å². The van der Waals surface area contributed by atoms with Crippen LogP contribution in [-0.2, 0) is 6.42 Å². The maximum absolute atomic E-state index is 6.06. The molecule has 17 heavy (non-hydrogen) atoms. The summed E-state index contributed by atoms with van der Waals surface area (Å²) in [6.45, 7) is 5.48. The fourth-order valence-corrected chi connectivity index (χ4v) is 2.82. The van der Waals surface area contributed by atoms with E-state index in [4.69, 9.17) is 23.2 Å². The van der Waals surface area contributed by atoms with Crippen LogP contribution in [0.2, 0.25) is 10.0 Å². The first-order chi connectivity index (χ1) is 8.07. The number of nitrogens with one attached hydrogen (secondary N) is 1. The van der Waals surface area contributed by atoms with E-state index in [-0.39, 0.29) is 0 Å². The zero-order valence-corrected chi connectivity index (χ0v) is 11.9. The summed E-state index contributed by atoms with van der Waals surface area (Å²) in [6.07, 6.45) is 3.71. The van der Waals surface area contributed by atoms with Gasteiger partial charge in [0.05, 0.1) is 10.0 Å². The highest BCUT2D eigenvalue weighted by Crippen LogP contribution is 2.51. The van der Waals surface area contributed by atoms with Gasteiger partial charge >= 0.3 is 0 Å². The Labute approximate surface area is 114 Å². The predicted octanol–water partition coefficient (Wildman–Crippen LogP) is 4.31. The molecule has 0 radical (unpaired) electrons. The van der Waals surface area contributed by atoms with E-state index in [1.54, 1.807) is 0 Å². The predicted molar refractivity (Wildman–Crippen MR) is 75.0 cm³/mol. The van der Waals surface area contributed by atoms with Gasteiger partial charge in [-0.25, -0.2) is 0 Å². The fraction of sp³-hybridized carbons (Fsp3) is 0.571. The van der Waals surface area contributed by atoms with Crippen molar-refractivity contribution in [3.05, 3.63) is 33.8 Å². The number of hydrogen-bond acceptors (Lipinski definition) is 1. The maximum Gasteiger partial charge on any atom is 0.0595 e. The SMILES string of the molecule is CCNC(C)C1(Cc2ccc(Cl)c(Cl)c2)CC1. The molecule has 1 aromatic rings. The number of hydrogen-bond donors (Lipinski definition) is 1. The monoisotopic (exact) mass is 271 g/mol. The molecule has 0 spiro atoms. The lowest BCUT2D eigenvalue weighted by Gasteiger charge is -2.24. The van der Waals surface area contributed by atoms with Crippen molar-refractivity contribution in [3.63, 3.8) is 0 Å². The summed E-state index contributed by atoms with van der Waals surface area (Å²) in [4.78, 5) is 0. The highest BCUT2D eigenvalue weighted by Gasteiger charge is 2.46. The lowest BCUT2D eigenvalue weighted by molar-refractivity contribution is 0.355. The lowest BCUT2D eigenvalue weighted by atomic mass is 9.90. The molecule has 0 bridgehead atoms. The highest BCUT2D eigenvalue weighted by molar-refractivity contribution is 6.42. The first-order valence-electron chi connectivity index (χ1n) is 6.25. The summed E-state index contributed by atoms with van der Waals surface area (Å²) in [6, 6.07) is 6.56. The zero-order chi connectivity index (χ0) is 12.5. The van der Waals surface area contributed by atoms with Gasteiger partial charge in [-0.1, -0.05) is 36.2 Å². The van der Waals surface area contributed by atoms with Crippen molar-refractivity contribution in [2.24, 2.45) is 5.41 Å². The Hall–Kier alpha value is -0.240. The van der Waals surface area contributed by atoms with E-state index in [1.807, 2.05) is 12.1 Å². The normalized spacial score (nSPS) is 19.1. The van der Waals surface area contributed by atoms with E-state index < -0.39 is 0 Å². The number of rotatable bonds is 5. The van der Waals surface area contributed by atoms with Crippen molar-refractivity contribution in [1.82, 2.24) is 5.32 Å². The smallest absolute Gasteiger partial charge is 0.0595 e. The Morgan fingerprint density at radius 3 is 2.53 bits per heavy atom. The van der Waals surface area contributed by atoms with Crippen LogP contribution in [-0.4, -0.2) is 12.6 Å². The second-order valence-corrected chi connectivity index (χ2v) is 5.88. The van der Waals surface area contributed by atoms with Crippen LogP contribution in [0.3, 0.4) is 0 Å². The maximum atomic E-state index is 6.06. The Kier molecular flexibility index (Phi) is 4.02. The first kappa shape index (κ1) is 13.2. The Morgan fingerprint density at radius 2 is 2.00 bits per heavy atom. The van der Waals surface area contributed by atoms with Crippen LogP contribution in [0.4, 0.5) is 0 Å². The van der Waals surface area contributed by atoms with Gasteiger partial charge < -0.3 is 5.32 Å². The van der Waals surface area contributed by atoms with Gasteiger partial charge in [0.15, 0.2) is 0 Å². The van der Waals surface area contributed by atoms with Crippen LogP contribution in [0.5, 0.6) is 0 Å². The lowest BCUT2D eigenvalue weighted by Crippen LogP contribution is -2.35. The van der Waals surface area contributed by atoms with E-state index in [9.17, 15) is 0 Å². The standard InChI is InChI=1S/C14H19Cl2N/c1-3-17-10(2)14(6-7-14)9-11-4-5-12(15)13(16)8-11/h4-5,8,10,17H,3,6-7,9H2,1-2H3. The van der Waals surface area contributed by atoms with Crippen molar-refractivity contribution in [3.8, 4) is 0 Å². The second kappa shape index (κ2) is 5.17. The van der Waals surface area contributed by atoms with Crippen LogP contribution in [0, 0.1) is 5.41 Å². The van der Waals surface area contributed by atoms with Gasteiger partial charge in [0, 0.05) is 6.04 Å². The Balaban J connectivity index is 2.07. The third-order valence-corrected chi connectivity index (χ3v) is 4.60. The average Bonchev–Trinajstić information content (AvgIpc) is 3.05. The summed E-state index contributed by atoms with van der Waals surface area (Å²) in [5, 5.41) is 4.84. The van der Waals surface area contributed by atoms with Gasteiger partial charge in [-0.15, -0.1) is 0 Å². The summed E-state index contributed by atoms with van der Waals surface area (Å²) in [5.74, 6) is 0. The summed E-state index contributed by atoms with van der Waals surface area (Å²) in [7, 11) is 0. The minimum atomic E-state index is 0.438. The van der Waals surface area contributed by atoms with E-state index in [0.717, 1.165) is 13.0 Å². The molecule has 1 unspecified atom stereocenters. The van der Waals surface area contributed by atoms with E-state index in [0.29, 0.717) is 21.5 Å². The van der Waals surface area contributed by atoms with Crippen LogP contribution in [0.25, 0.3) is 0 Å². The Bertz CT molecular complexity index is 399. The molecule has 0 heterocycles. The molecule has 2 rings (SSSR count). The molecular formula is C14H19Cl2N. The summed E-state index contributed by atoms with van der Waals surface area (Å²) >= 11 is 12.0. The molecule has 0 aliphatic heterocycles. The number of halogens is 2. The largest absolute Gasteiger partial charge is 0.314 e. The van der Waals surface area contributed by atoms with Crippen molar-refractivity contribution in [1.29, 1.82) is 0 Å². The van der Waals surface area contributed by atoms with Gasteiger partial charge in [0.1, 0.15) is 0 Å². The quantitative estimate of drug-likeness (QED) is 0.842. The highest BCUT2D eigenvalue weighted by atomic mass is 35.5. The molecule has 1 nitrogen and oxygen atoms in total.